The van der Waals surface area contributed by atoms with Crippen LogP contribution in [-0.2, 0) is 17.5 Å². The number of aliphatic carboxylic acids is 1. The molecule has 0 radical (unpaired) electrons. The first-order valence-corrected chi connectivity index (χ1v) is 7.53. The fourth-order valence-corrected chi connectivity index (χ4v) is 2.26. The van der Waals surface area contributed by atoms with Gasteiger partial charge in [0.15, 0.2) is 0 Å². The summed E-state index contributed by atoms with van der Waals surface area (Å²) in [5, 5.41) is 11.4. The number of hydrogen-bond donors (Lipinski definition) is 2. The van der Waals surface area contributed by atoms with E-state index in [2.05, 4.69) is 5.32 Å². The van der Waals surface area contributed by atoms with Crippen LogP contribution in [0.4, 0.5) is 18.0 Å². The van der Waals surface area contributed by atoms with Gasteiger partial charge in [-0.25, -0.2) is 4.79 Å². The Morgan fingerprint density at radius 2 is 2.00 bits per heavy atom. The smallest absolute Gasteiger partial charge is 0.416 e. The molecule has 0 fully saturated rings. The Bertz CT molecular complexity index is 576. The van der Waals surface area contributed by atoms with Gasteiger partial charge in [0.2, 0.25) is 0 Å². The third kappa shape index (κ3) is 6.47. The molecule has 0 aliphatic carbocycles. The number of carbonyl (C=O) groups is 2. The zero-order valence-corrected chi connectivity index (χ0v) is 13.6. The van der Waals surface area contributed by atoms with E-state index in [-0.39, 0.29) is 13.0 Å². The lowest BCUT2D eigenvalue weighted by Gasteiger charge is -2.23. The molecule has 1 atom stereocenters. The highest BCUT2D eigenvalue weighted by Crippen LogP contribution is 2.29. The minimum absolute atomic E-state index is 0.0122. The summed E-state index contributed by atoms with van der Waals surface area (Å²) in [6, 6.07) is 3.71. The van der Waals surface area contributed by atoms with Gasteiger partial charge in [-0.05, 0) is 24.1 Å². The first-order valence-electron chi connectivity index (χ1n) is 7.53. The van der Waals surface area contributed by atoms with Crippen LogP contribution >= 0.6 is 0 Å². The lowest BCUT2D eigenvalue weighted by molar-refractivity contribution is -0.138. The van der Waals surface area contributed by atoms with E-state index in [1.807, 2.05) is 6.92 Å². The predicted octanol–water partition coefficient (Wildman–Crippen LogP) is 3.49. The number of nitrogens with zero attached hydrogens (tertiary/aromatic N) is 1. The standard InChI is InChI=1S/C16H21F3N2O3/c1-3-5-13(9-14(22)23)20-15(24)21(2)10-11-6-4-7-12(8-11)16(17,18)19/h4,6-8,13H,3,5,9-10H2,1-2H3,(H,20,24)(H,22,23)/t13-/m0/s1. The van der Waals surface area contributed by atoms with Crippen LogP contribution in [0.15, 0.2) is 24.3 Å². The largest absolute Gasteiger partial charge is 0.481 e. The summed E-state index contributed by atoms with van der Waals surface area (Å²) in [5.74, 6) is -1.02. The zero-order valence-electron chi connectivity index (χ0n) is 13.6. The summed E-state index contributed by atoms with van der Waals surface area (Å²) in [7, 11) is 1.44. The molecule has 5 nitrogen and oxygen atoms in total. The van der Waals surface area contributed by atoms with E-state index in [0.717, 1.165) is 12.1 Å². The van der Waals surface area contributed by atoms with E-state index in [9.17, 15) is 22.8 Å². The van der Waals surface area contributed by atoms with Gasteiger partial charge in [0.25, 0.3) is 0 Å². The van der Waals surface area contributed by atoms with Gasteiger partial charge in [-0.3, -0.25) is 4.79 Å². The second-order valence-electron chi connectivity index (χ2n) is 5.59. The fourth-order valence-electron chi connectivity index (χ4n) is 2.26. The Labute approximate surface area is 138 Å². The van der Waals surface area contributed by atoms with Crippen LogP contribution < -0.4 is 5.32 Å². The Morgan fingerprint density at radius 3 is 2.54 bits per heavy atom. The predicted molar refractivity (Wildman–Crippen MR) is 82.4 cm³/mol. The number of carboxylic acid groups (broad SMARTS) is 1. The highest BCUT2D eigenvalue weighted by atomic mass is 19.4. The number of carbonyl (C=O) groups excluding carboxylic acids is 1. The van der Waals surface area contributed by atoms with Crippen molar-refractivity contribution in [3.05, 3.63) is 35.4 Å². The number of hydrogen-bond acceptors (Lipinski definition) is 2. The quantitative estimate of drug-likeness (QED) is 0.794. The second kappa shape index (κ2) is 8.56. The molecule has 1 aromatic rings. The number of rotatable bonds is 7. The maximum Gasteiger partial charge on any atom is 0.416 e. The third-order valence-corrected chi connectivity index (χ3v) is 3.41. The molecule has 24 heavy (non-hydrogen) atoms. The minimum atomic E-state index is -4.44. The van der Waals surface area contributed by atoms with Gasteiger partial charge in [0.05, 0.1) is 12.0 Å². The van der Waals surface area contributed by atoms with Gasteiger partial charge in [-0.15, -0.1) is 0 Å². The maximum absolute atomic E-state index is 12.7. The van der Waals surface area contributed by atoms with Gasteiger partial charge in [0, 0.05) is 19.6 Å². The van der Waals surface area contributed by atoms with Crippen LogP contribution in [0.1, 0.15) is 37.3 Å². The van der Waals surface area contributed by atoms with Crippen molar-refractivity contribution >= 4 is 12.0 Å². The average molecular weight is 346 g/mol. The van der Waals surface area contributed by atoms with Crippen LogP contribution in [0, 0.1) is 0 Å². The van der Waals surface area contributed by atoms with Crippen molar-refractivity contribution in [3.63, 3.8) is 0 Å². The van der Waals surface area contributed by atoms with Gasteiger partial charge < -0.3 is 15.3 Å². The molecule has 134 valence electrons. The lowest BCUT2D eigenvalue weighted by Crippen LogP contribution is -2.43. The Balaban J connectivity index is 2.71. The van der Waals surface area contributed by atoms with Crippen molar-refractivity contribution in [1.82, 2.24) is 10.2 Å². The van der Waals surface area contributed by atoms with Crippen LogP contribution in [-0.4, -0.2) is 35.1 Å². The monoisotopic (exact) mass is 346 g/mol. The van der Waals surface area contributed by atoms with Crippen LogP contribution in [0.25, 0.3) is 0 Å². The summed E-state index contributed by atoms with van der Waals surface area (Å²) in [6.45, 7) is 1.86. The molecule has 0 aliphatic rings. The highest BCUT2D eigenvalue weighted by Gasteiger charge is 2.30. The van der Waals surface area contributed by atoms with E-state index in [0.29, 0.717) is 18.4 Å². The Hall–Kier alpha value is -2.25. The van der Waals surface area contributed by atoms with Gasteiger partial charge >= 0.3 is 18.2 Å². The summed E-state index contributed by atoms with van der Waals surface area (Å²) < 4.78 is 38.1. The molecule has 8 heteroatoms. The van der Waals surface area contributed by atoms with Crippen molar-refractivity contribution in [1.29, 1.82) is 0 Å². The summed E-state index contributed by atoms with van der Waals surface area (Å²) in [6.07, 6.45) is -3.42. The van der Waals surface area contributed by atoms with E-state index in [4.69, 9.17) is 5.11 Å². The van der Waals surface area contributed by atoms with Crippen molar-refractivity contribution < 1.29 is 27.9 Å². The zero-order chi connectivity index (χ0) is 18.3. The molecular weight excluding hydrogens is 325 g/mol. The van der Waals surface area contributed by atoms with Crippen LogP contribution in [0.5, 0.6) is 0 Å². The number of nitrogens with one attached hydrogen (secondary N) is 1. The fraction of sp³-hybridized carbons (Fsp3) is 0.500. The normalized spacial score (nSPS) is 12.5. The second-order valence-corrected chi connectivity index (χ2v) is 5.59. The first kappa shape index (κ1) is 19.8. The number of carboxylic acids is 1. The van der Waals surface area contributed by atoms with Gasteiger partial charge in [-0.1, -0.05) is 25.5 Å². The molecule has 1 rings (SSSR count). The Kier molecular flexibility index (Phi) is 7.06. The molecule has 0 saturated heterocycles. The molecule has 1 aromatic carbocycles. The first-order chi connectivity index (χ1) is 11.1. The van der Waals surface area contributed by atoms with Gasteiger partial charge in [0.1, 0.15) is 0 Å². The van der Waals surface area contributed by atoms with E-state index in [1.165, 1.54) is 24.1 Å². The minimum Gasteiger partial charge on any atom is -0.481 e. The molecule has 0 bridgehead atoms. The summed E-state index contributed by atoms with van der Waals surface area (Å²) in [5.41, 5.74) is -0.434. The Morgan fingerprint density at radius 1 is 1.33 bits per heavy atom. The van der Waals surface area contributed by atoms with Crippen molar-refractivity contribution in [2.24, 2.45) is 0 Å². The topological polar surface area (TPSA) is 69.6 Å². The molecule has 0 aliphatic heterocycles. The SMILES string of the molecule is CCC[C@@H](CC(=O)O)NC(=O)N(C)Cc1cccc(C(F)(F)F)c1. The molecule has 0 heterocycles. The van der Waals surface area contributed by atoms with Crippen molar-refractivity contribution in [2.45, 2.75) is 44.9 Å². The number of benzene rings is 1. The van der Waals surface area contributed by atoms with E-state index < -0.39 is 29.8 Å². The summed E-state index contributed by atoms with van der Waals surface area (Å²) >= 11 is 0. The van der Waals surface area contributed by atoms with Crippen LogP contribution in [0.2, 0.25) is 0 Å². The third-order valence-electron chi connectivity index (χ3n) is 3.41. The molecular formula is C16H21F3N2O3. The van der Waals surface area contributed by atoms with E-state index in [1.54, 1.807) is 0 Å². The van der Waals surface area contributed by atoms with Crippen molar-refractivity contribution in [2.75, 3.05) is 7.05 Å². The lowest BCUT2D eigenvalue weighted by atomic mass is 10.1. The van der Waals surface area contributed by atoms with Crippen molar-refractivity contribution in [3.8, 4) is 0 Å². The van der Waals surface area contributed by atoms with Crippen LogP contribution in [0.3, 0.4) is 0 Å². The summed E-state index contributed by atoms with van der Waals surface area (Å²) in [4.78, 5) is 24.1. The number of alkyl halides is 3. The number of amides is 2. The molecule has 0 unspecified atom stereocenters. The average Bonchev–Trinajstić information content (AvgIpc) is 2.46. The highest BCUT2D eigenvalue weighted by molar-refractivity contribution is 5.75. The van der Waals surface area contributed by atoms with E-state index >= 15 is 0 Å². The molecule has 2 N–H and O–H groups in total. The number of halogens is 3. The molecule has 0 saturated carbocycles. The maximum atomic E-state index is 12.7. The molecule has 2 amide bonds. The molecule has 0 aromatic heterocycles. The number of urea groups is 1. The van der Waals surface area contributed by atoms with Gasteiger partial charge in [-0.2, -0.15) is 13.2 Å². The molecule has 0 spiro atoms.